The highest BCUT2D eigenvalue weighted by Crippen LogP contribution is 2.31. The zero-order valence-corrected chi connectivity index (χ0v) is 10.2. The second kappa shape index (κ2) is 5.38. The van der Waals surface area contributed by atoms with Gasteiger partial charge in [0.15, 0.2) is 0 Å². The number of rotatable bonds is 3. The number of phenols is 1. The van der Waals surface area contributed by atoms with Gasteiger partial charge in [0.25, 0.3) is 0 Å². The molecule has 0 atom stereocenters. The molecular formula is C11H13Cl2NO. The van der Waals surface area contributed by atoms with Crippen LogP contribution in [0.15, 0.2) is 17.1 Å². The van der Waals surface area contributed by atoms with Crippen LogP contribution in [0.2, 0.25) is 10.0 Å². The van der Waals surface area contributed by atoms with Gasteiger partial charge in [0.05, 0.1) is 5.02 Å². The van der Waals surface area contributed by atoms with Crippen molar-refractivity contribution < 1.29 is 5.11 Å². The highest BCUT2D eigenvalue weighted by Gasteiger charge is 2.09. The van der Waals surface area contributed by atoms with Gasteiger partial charge in [-0.1, -0.05) is 30.1 Å². The van der Waals surface area contributed by atoms with Crippen molar-refractivity contribution in [3.05, 3.63) is 27.7 Å². The van der Waals surface area contributed by atoms with Crippen molar-refractivity contribution in [2.45, 2.75) is 20.3 Å². The van der Waals surface area contributed by atoms with Crippen molar-refractivity contribution in [1.82, 2.24) is 0 Å². The molecule has 0 bridgehead atoms. The lowest BCUT2D eigenvalue weighted by Crippen LogP contribution is -1.97. The first kappa shape index (κ1) is 12.3. The Kier molecular flexibility index (Phi) is 4.43. The lowest BCUT2D eigenvalue weighted by Gasteiger charge is -2.06. The number of aliphatic imine (C=N–C) groups is 1. The third kappa shape index (κ3) is 3.11. The molecule has 0 aliphatic rings. The van der Waals surface area contributed by atoms with E-state index in [0.29, 0.717) is 10.6 Å². The number of halogens is 2. The van der Waals surface area contributed by atoms with Crippen LogP contribution < -0.4 is 0 Å². The maximum atomic E-state index is 9.72. The number of benzene rings is 1. The molecule has 0 unspecified atom stereocenters. The highest BCUT2D eigenvalue weighted by molar-refractivity contribution is 6.36. The van der Waals surface area contributed by atoms with Gasteiger partial charge in [0, 0.05) is 22.8 Å². The Balaban J connectivity index is 3.13. The fraction of sp³-hybridized carbons (Fsp3) is 0.364. The van der Waals surface area contributed by atoms with Gasteiger partial charge in [-0.2, -0.15) is 0 Å². The van der Waals surface area contributed by atoms with Crippen LogP contribution in [0.4, 0.5) is 0 Å². The molecule has 1 rings (SSSR count). The molecule has 0 saturated heterocycles. The topological polar surface area (TPSA) is 32.6 Å². The fourth-order valence-corrected chi connectivity index (χ4v) is 1.70. The fourth-order valence-electron chi connectivity index (χ4n) is 1.21. The van der Waals surface area contributed by atoms with Crippen LogP contribution in [0.1, 0.15) is 25.8 Å². The first-order chi connectivity index (χ1) is 7.06. The van der Waals surface area contributed by atoms with Crippen LogP contribution in [0.5, 0.6) is 5.75 Å². The summed E-state index contributed by atoms with van der Waals surface area (Å²) in [6.45, 7) is 4.61. The Labute approximate surface area is 99.6 Å². The normalized spacial score (nSPS) is 11.9. The first-order valence-electron chi connectivity index (χ1n) is 4.75. The number of nitrogens with zero attached hydrogens (tertiary/aromatic N) is 1. The van der Waals surface area contributed by atoms with E-state index in [2.05, 4.69) is 4.99 Å². The van der Waals surface area contributed by atoms with Gasteiger partial charge in [-0.3, -0.25) is 4.99 Å². The van der Waals surface area contributed by atoms with E-state index in [-0.39, 0.29) is 10.8 Å². The molecule has 0 amide bonds. The van der Waals surface area contributed by atoms with Crippen LogP contribution in [0.3, 0.4) is 0 Å². The number of hydrogen-bond donors (Lipinski definition) is 1. The Morgan fingerprint density at radius 3 is 2.67 bits per heavy atom. The van der Waals surface area contributed by atoms with E-state index in [0.717, 1.165) is 18.7 Å². The SMILES string of the molecule is CCCN=C(C)c1cc(Cl)cc(Cl)c1O. The van der Waals surface area contributed by atoms with Crippen molar-refractivity contribution in [2.24, 2.45) is 4.99 Å². The van der Waals surface area contributed by atoms with Crippen molar-refractivity contribution >= 4 is 28.9 Å². The molecule has 2 nitrogen and oxygen atoms in total. The smallest absolute Gasteiger partial charge is 0.143 e. The average molecular weight is 246 g/mol. The Hall–Kier alpha value is -0.730. The standard InChI is InChI=1S/C11H13Cl2NO/c1-3-4-14-7(2)9-5-8(12)6-10(13)11(9)15/h5-6,15H,3-4H2,1-2H3. The first-order valence-corrected chi connectivity index (χ1v) is 5.51. The maximum Gasteiger partial charge on any atom is 0.143 e. The molecule has 0 radical (unpaired) electrons. The molecule has 1 aromatic carbocycles. The average Bonchev–Trinajstić information content (AvgIpc) is 2.19. The van der Waals surface area contributed by atoms with Crippen LogP contribution in [-0.2, 0) is 0 Å². The molecule has 0 spiro atoms. The lowest BCUT2D eigenvalue weighted by atomic mass is 10.1. The summed E-state index contributed by atoms with van der Waals surface area (Å²) in [6, 6.07) is 3.17. The van der Waals surface area contributed by atoms with Crippen molar-refractivity contribution in [2.75, 3.05) is 6.54 Å². The summed E-state index contributed by atoms with van der Waals surface area (Å²) in [7, 11) is 0. The molecule has 0 aliphatic carbocycles. The van der Waals surface area contributed by atoms with Gasteiger partial charge in [-0.15, -0.1) is 0 Å². The number of phenolic OH excluding ortho intramolecular Hbond substituents is 1. The lowest BCUT2D eigenvalue weighted by molar-refractivity contribution is 0.474. The van der Waals surface area contributed by atoms with Gasteiger partial charge < -0.3 is 5.11 Å². The molecule has 0 aliphatic heterocycles. The second-order valence-electron chi connectivity index (χ2n) is 3.25. The monoisotopic (exact) mass is 245 g/mol. The van der Waals surface area contributed by atoms with Gasteiger partial charge in [-0.05, 0) is 25.5 Å². The summed E-state index contributed by atoms with van der Waals surface area (Å²) in [5.74, 6) is 0.0402. The van der Waals surface area contributed by atoms with E-state index in [4.69, 9.17) is 23.2 Å². The summed E-state index contributed by atoms with van der Waals surface area (Å²) in [6.07, 6.45) is 0.965. The predicted molar refractivity (Wildman–Crippen MR) is 65.5 cm³/mol. The summed E-state index contributed by atoms with van der Waals surface area (Å²) in [5, 5.41) is 10.5. The van der Waals surface area contributed by atoms with E-state index in [9.17, 15) is 5.11 Å². The number of hydrogen-bond acceptors (Lipinski definition) is 2. The maximum absolute atomic E-state index is 9.72. The summed E-state index contributed by atoms with van der Waals surface area (Å²) < 4.78 is 0. The van der Waals surface area contributed by atoms with Crippen LogP contribution in [0.25, 0.3) is 0 Å². The molecular weight excluding hydrogens is 233 g/mol. The molecule has 1 N–H and O–H groups in total. The Bertz CT molecular complexity index is 388. The predicted octanol–water partition coefficient (Wildman–Crippen LogP) is 3.92. The molecule has 15 heavy (non-hydrogen) atoms. The Morgan fingerprint density at radius 1 is 1.40 bits per heavy atom. The van der Waals surface area contributed by atoms with Gasteiger partial charge in [-0.25, -0.2) is 0 Å². The number of aromatic hydroxyl groups is 1. The van der Waals surface area contributed by atoms with Crippen molar-refractivity contribution in [1.29, 1.82) is 0 Å². The van der Waals surface area contributed by atoms with E-state index in [1.807, 2.05) is 13.8 Å². The van der Waals surface area contributed by atoms with Gasteiger partial charge in [0.1, 0.15) is 5.75 Å². The van der Waals surface area contributed by atoms with E-state index < -0.39 is 0 Å². The molecule has 4 heteroatoms. The molecule has 0 aromatic heterocycles. The minimum Gasteiger partial charge on any atom is -0.506 e. The largest absolute Gasteiger partial charge is 0.506 e. The highest BCUT2D eigenvalue weighted by atomic mass is 35.5. The minimum atomic E-state index is 0.0402. The van der Waals surface area contributed by atoms with Crippen LogP contribution in [0, 0.1) is 0 Å². The Morgan fingerprint density at radius 2 is 2.07 bits per heavy atom. The third-order valence-electron chi connectivity index (χ3n) is 1.99. The van der Waals surface area contributed by atoms with E-state index >= 15 is 0 Å². The molecule has 0 fully saturated rings. The summed E-state index contributed by atoms with van der Waals surface area (Å²) >= 11 is 11.7. The molecule has 1 aromatic rings. The summed E-state index contributed by atoms with van der Waals surface area (Å²) in [4.78, 5) is 4.30. The van der Waals surface area contributed by atoms with Crippen molar-refractivity contribution in [3.63, 3.8) is 0 Å². The van der Waals surface area contributed by atoms with Gasteiger partial charge >= 0.3 is 0 Å². The van der Waals surface area contributed by atoms with E-state index in [1.54, 1.807) is 6.07 Å². The molecule has 0 saturated carbocycles. The van der Waals surface area contributed by atoms with Crippen LogP contribution in [-0.4, -0.2) is 17.4 Å². The van der Waals surface area contributed by atoms with Crippen LogP contribution >= 0.6 is 23.2 Å². The third-order valence-corrected chi connectivity index (χ3v) is 2.50. The zero-order valence-electron chi connectivity index (χ0n) is 8.72. The molecule has 82 valence electrons. The quantitative estimate of drug-likeness (QED) is 0.805. The second-order valence-corrected chi connectivity index (χ2v) is 4.09. The van der Waals surface area contributed by atoms with E-state index in [1.165, 1.54) is 6.07 Å². The summed E-state index contributed by atoms with van der Waals surface area (Å²) in [5.41, 5.74) is 1.35. The zero-order chi connectivity index (χ0) is 11.4. The van der Waals surface area contributed by atoms with Gasteiger partial charge in [0.2, 0.25) is 0 Å². The van der Waals surface area contributed by atoms with Crippen molar-refractivity contribution in [3.8, 4) is 5.75 Å². The molecule has 0 heterocycles. The minimum absolute atomic E-state index is 0.0402.